The van der Waals surface area contributed by atoms with Crippen LogP contribution in [0.15, 0.2) is 74.4 Å². The van der Waals surface area contributed by atoms with E-state index < -0.39 is 11.6 Å². The first kappa shape index (κ1) is 15.2. The van der Waals surface area contributed by atoms with Gasteiger partial charge in [-0.15, -0.1) is 0 Å². The molecule has 0 fully saturated rings. The Kier molecular flexibility index (Phi) is 4.39. The summed E-state index contributed by atoms with van der Waals surface area (Å²) < 4.78 is 11.2. The summed E-state index contributed by atoms with van der Waals surface area (Å²) in [5.74, 6) is -0.196. The molecule has 0 unspecified atom stereocenters. The van der Waals surface area contributed by atoms with Crippen LogP contribution in [0.5, 0.6) is 5.75 Å². The zero-order chi connectivity index (χ0) is 16.2. The van der Waals surface area contributed by atoms with E-state index in [9.17, 15) is 9.59 Å². The van der Waals surface area contributed by atoms with Crippen molar-refractivity contribution in [2.24, 2.45) is 0 Å². The predicted octanol–water partition coefficient (Wildman–Crippen LogP) is 4.17. The third-order valence-electron chi connectivity index (χ3n) is 3.07. The van der Waals surface area contributed by atoms with Gasteiger partial charge in [0, 0.05) is 28.1 Å². The van der Waals surface area contributed by atoms with Gasteiger partial charge in [-0.05, 0) is 42.0 Å². The molecule has 1 heterocycles. The number of hydrogen-bond acceptors (Lipinski definition) is 4. The van der Waals surface area contributed by atoms with Crippen LogP contribution in [0.2, 0.25) is 0 Å². The van der Waals surface area contributed by atoms with Crippen molar-refractivity contribution < 1.29 is 13.9 Å². The van der Waals surface area contributed by atoms with Crippen LogP contribution in [-0.4, -0.2) is 5.97 Å². The number of carbonyl (C=O) groups excluding carboxylic acids is 1. The predicted molar refractivity (Wildman–Crippen MR) is 91.3 cm³/mol. The van der Waals surface area contributed by atoms with Gasteiger partial charge >= 0.3 is 11.6 Å². The smallest absolute Gasteiger partial charge is 0.336 e. The maximum Gasteiger partial charge on any atom is 0.336 e. The maximum absolute atomic E-state index is 11.9. The average molecular weight is 371 g/mol. The molecule has 3 aromatic rings. The van der Waals surface area contributed by atoms with Gasteiger partial charge in [-0.3, -0.25) is 0 Å². The number of fused-ring (bicyclic) bond motifs is 1. The van der Waals surface area contributed by atoms with Crippen LogP contribution in [0.4, 0.5) is 0 Å². The standard InChI is InChI=1S/C18H11BrO4/c19-14-3-1-2-12(10-14)4-8-17(20)22-15-7-5-13-6-9-18(21)23-16(13)11-15/h1-11H. The number of ether oxygens (including phenoxy) is 1. The number of halogens is 1. The highest BCUT2D eigenvalue weighted by Gasteiger charge is 2.04. The van der Waals surface area contributed by atoms with Crippen molar-refractivity contribution in [3.05, 3.63) is 81.1 Å². The molecule has 0 aliphatic rings. The fraction of sp³-hybridized carbons (Fsp3) is 0. The summed E-state index contributed by atoms with van der Waals surface area (Å²) in [5.41, 5.74) is 0.801. The van der Waals surface area contributed by atoms with Crippen LogP contribution in [-0.2, 0) is 4.79 Å². The van der Waals surface area contributed by atoms with E-state index in [0.717, 1.165) is 15.4 Å². The zero-order valence-corrected chi connectivity index (χ0v) is 13.4. The van der Waals surface area contributed by atoms with E-state index in [2.05, 4.69) is 15.9 Å². The first-order valence-electron chi connectivity index (χ1n) is 6.79. The lowest BCUT2D eigenvalue weighted by Gasteiger charge is -2.02. The van der Waals surface area contributed by atoms with E-state index in [1.807, 2.05) is 24.3 Å². The quantitative estimate of drug-likeness (QED) is 0.300. The molecule has 0 spiro atoms. The van der Waals surface area contributed by atoms with Crippen LogP contribution in [0.3, 0.4) is 0 Å². The summed E-state index contributed by atoms with van der Waals surface area (Å²) in [4.78, 5) is 23.1. The Balaban J connectivity index is 1.76. The van der Waals surface area contributed by atoms with E-state index in [-0.39, 0.29) is 0 Å². The van der Waals surface area contributed by atoms with Crippen LogP contribution in [0.1, 0.15) is 5.56 Å². The Hall–Kier alpha value is -2.66. The molecule has 3 rings (SSSR count). The van der Waals surface area contributed by atoms with Gasteiger partial charge in [-0.25, -0.2) is 9.59 Å². The van der Waals surface area contributed by atoms with E-state index >= 15 is 0 Å². The molecule has 114 valence electrons. The molecule has 0 amide bonds. The molecular formula is C18H11BrO4. The monoisotopic (exact) mass is 370 g/mol. The number of benzene rings is 2. The Morgan fingerprint density at radius 2 is 1.91 bits per heavy atom. The second-order valence-corrected chi connectivity index (χ2v) is 5.68. The SMILES string of the molecule is O=C(C=Cc1cccc(Br)c1)Oc1ccc2ccc(=O)oc2c1. The highest BCUT2D eigenvalue weighted by Crippen LogP contribution is 2.20. The van der Waals surface area contributed by atoms with Gasteiger partial charge in [0.2, 0.25) is 0 Å². The molecule has 5 heteroatoms. The van der Waals surface area contributed by atoms with Crippen molar-refractivity contribution in [2.45, 2.75) is 0 Å². The second kappa shape index (κ2) is 6.62. The lowest BCUT2D eigenvalue weighted by atomic mass is 10.2. The van der Waals surface area contributed by atoms with Gasteiger partial charge in [0.05, 0.1) is 0 Å². The van der Waals surface area contributed by atoms with Gasteiger partial charge in [-0.1, -0.05) is 28.1 Å². The van der Waals surface area contributed by atoms with E-state index in [4.69, 9.17) is 9.15 Å². The molecule has 0 atom stereocenters. The summed E-state index contributed by atoms with van der Waals surface area (Å²) in [6, 6.07) is 15.4. The third-order valence-corrected chi connectivity index (χ3v) is 3.57. The Morgan fingerprint density at radius 3 is 2.74 bits per heavy atom. The van der Waals surface area contributed by atoms with Gasteiger partial charge in [0.15, 0.2) is 0 Å². The van der Waals surface area contributed by atoms with Crippen molar-refractivity contribution in [1.82, 2.24) is 0 Å². The topological polar surface area (TPSA) is 56.5 Å². The number of rotatable bonds is 3. The number of hydrogen-bond donors (Lipinski definition) is 0. The van der Waals surface area contributed by atoms with Gasteiger partial charge in [-0.2, -0.15) is 0 Å². The van der Waals surface area contributed by atoms with Gasteiger partial charge < -0.3 is 9.15 Å². The summed E-state index contributed by atoms with van der Waals surface area (Å²) in [6.07, 6.45) is 3.00. The van der Waals surface area contributed by atoms with E-state index in [1.165, 1.54) is 18.2 Å². The molecular weight excluding hydrogens is 360 g/mol. The summed E-state index contributed by atoms with van der Waals surface area (Å²) in [6.45, 7) is 0. The lowest BCUT2D eigenvalue weighted by Crippen LogP contribution is -2.03. The Bertz CT molecular complexity index is 956. The van der Waals surface area contributed by atoms with Crippen LogP contribution in [0, 0.1) is 0 Å². The van der Waals surface area contributed by atoms with Crippen molar-refractivity contribution in [1.29, 1.82) is 0 Å². The minimum Gasteiger partial charge on any atom is -0.423 e. The maximum atomic E-state index is 11.9. The third kappa shape index (κ3) is 3.96. The molecule has 1 aromatic heterocycles. The normalized spacial score (nSPS) is 11.0. The molecule has 0 saturated carbocycles. The lowest BCUT2D eigenvalue weighted by molar-refractivity contribution is -0.128. The number of esters is 1. The largest absolute Gasteiger partial charge is 0.423 e. The van der Waals surface area contributed by atoms with Crippen LogP contribution < -0.4 is 10.4 Å². The Morgan fingerprint density at radius 1 is 1.09 bits per heavy atom. The minimum absolute atomic E-state index is 0.316. The Labute approximate surface area is 140 Å². The van der Waals surface area contributed by atoms with E-state index in [0.29, 0.717) is 11.3 Å². The summed E-state index contributed by atoms with van der Waals surface area (Å²) in [7, 11) is 0. The van der Waals surface area contributed by atoms with Crippen LogP contribution >= 0.6 is 15.9 Å². The molecule has 2 aromatic carbocycles. The molecule has 0 aliphatic carbocycles. The van der Waals surface area contributed by atoms with Gasteiger partial charge in [0.25, 0.3) is 0 Å². The summed E-state index contributed by atoms with van der Waals surface area (Å²) >= 11 is 3.37. The fourth-order valence-electron chi connectivity index (χ4n) is 2.03. The second-order valence-electron chi connectivity index (χ2n) is 4.76. The van der Waals surface area contributed by atoms with Crippen molar-refractivity contribution >= 4 is 38.9 Å². The first-order valence-corrected chi connectivity index (χ1v) is 7.59. The number of carbonyl (C=O) groups is 1. The molecule has 0 radical (unpaired) electrons. The van der Waals surface area contributed by atoms with Crippen molar-refractivity contribution in [3.63, 3.8) is 0 Å². The zero-order valence-electron chi connectivity index (χ0n) is 11.9. The van der Waals surface area contributed by atoms with Gasteiger partial charge in [0.1, 0.15) is 11.3 Å². The molecule has 0 N–H and O–H groups in total. The average Bonchev–Trinajstić information content (AvgIpc) is 2.53. The first-order chi connectivity index (χ1) is 11.1. The van der Waals surface area contributed by atoms with Crippen molar-refractivity contribution in [2.75, 3.05) is 0 Å². The summed E-state index contributed by atoms with van der Waals surface area (Å²) in [5, 5.41) is 0.758. The fourth-order valence-corrected chi connectivity index (χ4v) is 2.45. The molecule has 23 heavy (non-hydrogen) atoms. The molecule has 0 aliphatic heterocycles. The molecule has 0 saturated heterocycles. The van der Waals surface area contributed by atoms with E-state index in [1.54, 1.807) is 24.3 Å². The minimum atomic E-state index is -0.511. The molecule has 4 nitrogen and oxygen atoms in total. The molecule has 0 bridgehead atoms. The highest BCUT2D eigenvalue weighted by molar-refractivity contribution is 9.10. The van der Waals surface area contributed by atoms with Crippen molar-refractivity contribution in [3.8, 4) is 5.75 Å². The van der Waals surface area contributed by atoms with Crippen LogP contribution in [0.25, 0.3) is 17.0 Å². The highest BCUT2D eigenvalue weighted by atomic mass is 79.9.